The molecular formula is C9H11Cl3NO2P. The number of Topliss-reactive ketones (excluding diaryl/α,β-unsaturated/α-hetero) is 1. The van der Waals surface area contributed by atoms with Crippen LogP contribution in [-0.4, -0.2) is 10.8 Å². The molecule has 0 aromatic carbocycles. The first-order valence-corrected chi connectivity index (χ1v) is 8.66. The molecule has 0 saturated carbocycles. The van der Waals surface area contributed by atoms with Crippen molar-refractivity contribution < 1.29 is 9.36 Å². The SMILES string of the molecule is CC(=O)c1ncc(C)cc1C.O=P(Cl)(Cl)Cl. The van der Waals surface area contributed by atoms with Crippen molar-refractivity contribution in [1.82, 2.24) is 4.98 Å². The Morgan fingerprint density at radius 2 is 1.75 bits per heavy atom. The molecule has 16 heavy (non-hydrogen) atoms. The maximum absolute atomic E-state index is 10.9. The fourth-order valence-electron chi connectivity index (χ4n) is 1.08. The van der Waals surface area contributed by atoms with E-state index in [9.17, 15) is 9.36 Å². The summed E-state index contributed by atoms with van der Waals surface area (Å²) in [6, 6.07) is 1.96. The van der Waals surface area contributed by atoms with Crippen LogP contribution in [0.25, 0.3) is 0 Å². The third kappa shape index (κ3) is 8.12. The van der Waals surface area contributed by atoms with Crippen molar-refractivity contribution in [3.63, 3.8) is 0 Å². The van der Waals surface area contributed by atoms with Crippen molar-refractivity contribution in [3.05, 3.63) is 29.1 Å². The van der Waals surface area contributed by atoms with Crippen molar-refractivity contribution in [3.8, 4) is 0 Å². The van der Waals surface area contributed by atoms with Crippen LogP contribution >= 0.6 is 38.9 Å². The molecule has 3 nitrogen and oxygen atoms in total. The van der Waals surface area contributed by atoms with Gasteiger partial charge in [0, 0.05) is 13.1 Å². The van der Waals surface area contributed by atoms with E-state index in [4.69, 9.17) is 0 Å². The molecule has 0 aliphatic carbocycles. The zero-order valence-corrected chi connectivity index (χ0v) is 12.2. The number of aromatic nitrogens is 1. The Morgan fingerprint density at radius 1 is 1.31 bits per heavy atom. The lowest BCUT2D eigenvalue weighted by Crippen LogP contribution is -1.99. The maximum atomic E-state index is 10.9. The van der Waals surface area contributed by atoms with Crippen LogP contribution in [0.2, 0.25) is 0 Å². The van der Waals surface area contributed by atoms with Gasteiger partial charge in [-0.1, -0.05) is 6.07 Å². The van der Waals surface area contributed by atoms with Crippen LogP contribution < -0.4 is 0 Å². The largest absolute Gasteiger partial charge is 0.339 e. The third-order valence-corrected chi connectivity index (χ3v) is 1.55. The van der Waals surface area contributed by atoms with Gasteiger partial charge >= 0.3 is 5.20 Å². The molecule has 0 atom stereocenters. The minimum Gasteiger partial charge on any atom is -0.293 e. The van der Waals surface area contributed by atoms with E-state index in [0.717, 1.165) is 11.1 Å². The molecule has 1 aromatic heterocycles. The predicted molar refractivity (Wildman–Crippen MR) is 68.9 cm³/mol. The summed E-state index contributed by atoms with van der Waals surface area (Å²) >= 11 is 13.8. The molecule has 0 unspecified atom stereocenters. The summed E-state index contributed by atoms with van der Waals surface area (Å²) in [5.41, 5.74) is 2.63. The van der Waals surface area contributed by atoms with Gasteiger partial charge in [-0.2, -0.15) is 0 Å². The standard InChI is InChI=1S/C9H11NO.Cl3OP/c1-6-4-7(2)9(8(3)11)10-5-6;1-5(2,3)4/h4-5H,1-3H3;. The number of pyridine rings is 1. The third-order valence-electron chi connectivity index (χ3n) is 1.55. The number of aryl methyl sites for hydroxylation is 2. The van der Waals surface area contributed by atoms with Gasteiger partial charge in [-0.3, -0.25) is 14.3 Å². The van der Waals surface area contributed by atoms with E-state index in [1.165, 1.54) is 6.92 Å². The zero-order valence-electron chi connectivity index (χ0n) is 9.00. The lowest BCUT2D eigenvalue weighted by atomic mass is 10.1. The van der Waals surface area contributed by atoms with Crippen molar-refractivity contribution in [2.75, 3.05) is 0 Å². The quantitative estimate of drug-likeness (QED) is 0.557. The first-order valence-electron chi connectivity index (χ1n) is 4.24. The molecule has 1 heterocycles. The Kier molecular flexibility index (Phi) is 6.57. The number of nitrogens with zero attached hydrogens (tertiary/aromatic N) is 1. The van der Waals surface area contributed by atoms with Gasteiger partial charge in [-0.15, -0.1) is 0 Å². The van der Waals surface area contributed by atoms with E-state index in [0.29, 0.717) is 5.69 Å². The maximum Gasteiger partial charge on any atom is 0.339 e. The minimum atomic E-state index is -3.22. The average molecular weight is 303 g/mol. The highest BCUT2D eigenvalue weighted by Crippen LogP contribution is 2.61. The van der Waals surface area contributed by atoms with Crippen molar-refractivity contribution in [2.24, 2.45) is 0 Å². The Bertz CT molecular complexity index is 422. The van der Waals surface area contributed by atoms with E-state index in [2.05, 4.69) is 38.7 Å². The molecule has 0 amide bonds. The number of carbonyl (C=O) groups is 1. The van der Waals surface area contributed by atoms with Crippen LogP contribution in [0.3, 0.4) is 0 Å². The highest BCUT2D eigenvalue weighted by Gasteiger charge is 2.04. The zero-order chi connectivity index (χ0) is 12.9. The summed E-state index contributed by atoms with van der Waals surface area (Å²) in [6.07, 6.45) is 1.71. The van der Waals surface area contributed by atoms with Crippen LogP contribution in [0, 0.1) is 13.8 Å². The van der Waals surface area contributed by atoms with Crippen LogP contribution in [0.1, 0.15) is 28.5 Å². The number of carbonyl (C=O) groups excluding carboxylic acids is 1. The summed E-state index contributed by atoms with van der Waals surface area (Å²) in [5.74, 6) is 0.0301. The number of ketones is 1. The van der Waals surface area contributed by atoms with Crippen LogP contribution in [0.4, 0.5) is 0 Å². The highest BCUT2D eigenvalue weighted by atomic mass is 36.0. The molecular weight excluding hydrogens is 291 g/mol. The second-order valence-corrected chi connectivity index (χ2v) is 9.77. The molecule has 0 radical (unpaired) electrons. The number of rotatable bonds is 1. The first kappa shape index (κ1) is 15.9. The first-order chi connectivity index (χ1) is 7.11. The summed E-state index contributed by atoms with van der Waals surface area (Å²) in [4.78, 5) is 14.9. The Balaban J connectivity index is 0.000000385. The summed E-state index contributed by atoms with van der Waals surface area (Å²) in [5, 5.41) is -3.22. The van der Waals surface area contributed by atoms with E-state index >= 15 is 0 Å². The second-order valence-electron chi connectivity index (χ2n) is 3.13. The fraction of sp³-hybridized carbons (Fsp3) is 0.333. The minimum absolute atomic E-state index is 0.0301. The molecule has 0 fully saturated rings. The average Bonchev–Trinajstić information content (AvgIpc) is 1.99. The van der Waals surface area contributed by atoms with E-state index in [1.807, 2.05) is 19.9 Å². The fourth-order valence-corrected chi connectivity index (χ4v) is 1.08. The normalized spacial score (nSPS) is 10.4. The monoisotopic (exact) mass is 301 g/mol. The molecule has 1 rings (SSSR count). The molecule has 7 heteroatoms. The predicted octanol–water partition coefficient (Wildman–Crippen LogP) is 4.71. The molecule has 1 aromatic rings. The Morgan fingerprint density at radius 3 is 2.06 bits per heavy atom. The van der Waals surface area contributed by atoms with Crippen LogP contribution in [0.5, 0.6) is 0 Å². The van der Waals surface area contributed by atoms with Gasteiger partial charge in [-0.05, 0) is 58.7 Å². The topological polar surface area (TPSA) is 47.0 Å². The van der Waals surface area contributed by atoms with E-state index in [1.54, 1.807) is 6.20 Å². The van der Waals surface area contributed by atoms with Gasteiger partial charge in [0.2, 0.25) is 0 Å². The van der Waals surface area contributed by atoms with E-state index in [-0.39, 0.29) is 5.78 Å². The Hall–Kier alpha value is -0.0800. The molecule has 0 N–H and O–H groups in total. The van der Waals surface area contributed by atoms with Gasteiger partial charge in [0.05, 0.1) is 0 Å². The van der Waals surface area contributed by atoms with Crippen LogP contribution in [-0.2, 0) is 4.57 Å². The number of hydrogen-bond acceptors (Lipinski definition) is 3. The second kappa shape index (κ2) is 6.61. The van der Waals surface area contributed by atoms with Gasteiger partial charge in [0.25, 0.3) is 0 Å². The van der Waals surface area contributed by atoms with Gasteiger partial charge in [0.1, 0.15) is 5.69 Å². The number of hydrogen-bond donors (Lipinski definition) is 0. The highest BCUT2D eigenvalue weighted by molar-refractivity contribution is 8.24. The summed E-state index contributed by atoms with van der Waals surface area (Å²) in [6.45, 7) is 5.39. The molecule has 0 aliphatic heterocycles. The Labute approximate surface area is 109 Å². The molecule has 0 aliphatic rings. The lowest BCUT2D eigenvalue weighted by molar-refractivity contribution is 0.101. The lowest BCUT2D eigenvalue weighted by Gasteiger charge is -2.00. The number of halogens is 3. The van der Waals surface area contributed by atoms with Crippen LogP contribution in [0.15, 0.2) is 12.3 Å². The molecule has 0 bridgehead atoms. The molecule has 0 spiro atoms. The van der Waals surface area contributed by atoms with Gasteiger partial charge < -0.3 is 0 Å². The summed E-state index contributed by atoms with van der Waals surface area (Å²) < 4.78 is 9.51. The van der Waals surface area contributed by atoms with Crippen molar-refractivity contribution >= 4 is 44.7 Å². The van der Waals surface area contributed by atoms with Gasteiger partial charge in [-0.25, -0.2) is 0 Å². The molecule has 90 valence electrons. The van der Waals surface area contributed by atoms with Crippen molar-refractivity contribution in [2.45, 2.75) is 20.8 Å². The smallest absolute Gasteiger partial charge is 0.293 e. The van der Waals surface area contributed by atoms with Gasteiger partial charge in [0.15, 0.2) is 5.78 Å². The summed E-state index contributed by atoms with van der Waals surface area (Å²) in [7, 11) is 0. The van der Waals surface area contributed by atoms with E-state index < -0.39 is 5.20 Å². The molecule has 0 saturated heterocycles. The van der Waals surface area contributed by atoms with Crippen molar-refractivity contribution in [1.29, 1.82) is 0 Å².